The Kier molecular flexibility index (Phi) is 7.45. The van der Waals surface area contributed by atoms with Crippen LogP contribution in [-0.4, -0.2) is 46.5 Å². The Balaban J connectivity index is 0.000000300. The van der Waals surface area contributed by atoms with E-state index in [1.54, 1.807) is 24.3 Å². The van der Waals surface area contributed by atoms with Crippen LogP contribution in [0, 0.1) is 0 Å². The molecule has 3 rings (SSSR count). The molecule has 0 saturated heterocycles. The van der Waals surface area contributed by atoms with Crippen molar-refractivity contribution in [3.63, 3.8) is 0 Å². The minimum atomic E-state index is -0.404. The molecule has 6 nitrogen and oxygen atoms in total. The molecule has 150 valence electrons. The maximum absolute atomic E-state index is 12.1. The van der Waals surface area contributed by atoms with Crippen LogP contribution in [0.4, 0.5) is 0 Å². The fraction of sp³-hybridized carbons (Fsp3) is 0.286. The highest BCUT2D eigenvalue weighted by molar-refractivity contribution is 6.33. The molecule has 0 saturated carbocycles. The first-order valence-electron chi connectivity index (χ1n) is 8.84. The molecule has 0 radical (unpaired) electrons. The summed E-state index contributed by atoms with van der Waals surface area (Å²) in [4.78, 5) is 14.2. The van der Waals surface area contributed by atoms with Crippen LogP contribution >= 0.6 is 11.6 Å². The number of likely N-dealkylation sites (N-methyl/N-ethyl adjacent to an activating group) is 1. The lowest BCUT2D eigenvalue weighted by molar-refractivity contribution is 0.164. The van der Waals surface area contributed by atoms with Gasteiger partial charge >= 0.3 is 0 Å². The van der Waals surface area contributed by atoms with E-state index in [4.69, 9.17) is 21.1 Å². The van der Waals surface area contributed by atoms with Gasteiger partial charge in [0.2, 0.25) is 0 Å². The number of fused-ring (bicyclic) bond motifs is 1. The van der Waals surface area contributed by atoms with Crippen LogP contribution in [0.3, 0.4) is 0 Å². The number of rotatable bonds is 4. The minimum Gasteiger partial charge on any atom is -0.508 e. The summed E-state index contributed by atoms with van der Waals surface area (Å²) in [7, 11) is 2.00. The smallest absolute Gasteiger partial charge is 0.197 e. The summed E-state index contributed by atoms with van der Waals surface area (Å²) >= 11 is 6.06. The zero-order valence-corrected chi connectivity index (χ0v) is 16.8. The fourth-order valence-electron chi connectivity index (χ4n) is 2.50. The quantitative estimate of drug-likeness (QED) is 0.610. The van der Waals surface area contributed by atoms with Crippen molar-refractivity contribution in [3.05, 3.63) is 57.7 Å². The Morgan fingerprint density at radius 2 is 1.86 bits per heavy atom. The third-order valence-electron chi connectivity index (χ3n) is 4.45. The van der Waals surface area contributed by atoms with Crippen LogP contribution in [-0.2, 0) is 0 Å². The van der Waals surface area contributed by atoms with Gasteiger partial charge in [-0.05, 0) is 32.6 Å². The lowest BCUT2D eigenvalue weighted by Gasteiger charge is -2.19. The second kappa shape index (κ2) is 9.59. The Labute approximate surface area is 168 Å². The molecule has 3 N–H and O–H groups in total. The van der Waals surface area contributed by atoms with E-state index in [1.807, 2.05) is 14.0 Å². The van der Waals surface area contributed by atoms with Gasteiger partial charge in [-0.25, -0.2) is 0 Å². The van der Waals surface area contributed by atoms with Crippen molar-refractivity contribution in [3.8, 4) is 22.8 Å². The van der Waals surface area contributed by atoms with Gasteiger partial charge in [0.1, 0.15) is 28.2 Å². The van der Waals surface area contributed by atoms with Crippen LogP contribution < -0.4 is 5.43 Å². The normalized spacial score (nSPS) is 11.9. The molecule has 0 aliphatic carbocycles. The molecular formula is C21H24ClNO5. The zero-order valence-electron chi connectivity index (χ0n) is 16.0. The van der Waals surface area contributed by atoms with E-state index in [0.29, 0.717) is 16.6 Å². The van der Waals surface area contributed by atoms with E-state index in [0.717, 1.165) is 12.6 Å². The second-order valence-electron chi connectivity index (χ2n) is 6.40. The summed E-state index contributed by atoms with van der Waals surface area (Å²) < 4.78 is 5.57. The number of phenols is 2. The molecule has 0 aliphatic rings. The van der Waals surface area contributed by atoms with Crippen molar-refractivity contribution < 1.29 is 19.7 Å². The summed E-state index contributed by atoms with van der Waals surface area (Å²) in [6, 6.07) is 10.9. The molecule has 1 heterocycles. The highest BCUT2D eigenvalue weighted by Gasteiger charge is 2.13. The van der Waals surface area contributed by atoms with Crippen LogP contribution in [0.2, 0.25) is 5.02 Å². The Hall–Kier alpha value is -2.54. The van der Waals surface area contributed by atoms with Crippen molar-refractivity contribution in [2.24, 2.45) is 0 Å². The maximum Gasteiger partial charge on any atom is 0.197 e. The first-order chi connectivity index (χ1) is 13.3. The Morgan fingerprint density at radius 1 is 1.18 bits per heavy atom. The highest BCUT2D eigenvalue weighted by atomic mass is 35.5. The average molecular weight is 406 g/mol. The maximum atomic E-state index is 12.1. The molecule has 1 unspecified atom stereocenters. The van der Waals surface area contributed by atoms with Gasteiger partial charge in [-0.3, -0.25) is 4.79 Å². The van der Waals surface area contributed by atoms with Gasteiger partial charge in [0, 0.05) is 29.8 Å². The summed E-state index contributed by atoms with van der Waals surface area (Å²) in [5.41, 5.74) is 0.264. The molecule has 0 amide bonds. The first-order valence-corrected chi connectivity index (χ1v) is 9.22. The van der Waals surface area contributed by atoms with Gasteiger partial charge in [0.15, 0.2) is 5.43 Å². The SMILES string of the molecule is CCN(C)C(C)CO.O=c1cc(-c2ccccc2Cl)oc2cc(O)cc(O)c12. The number of hydrogen-bond donors (Lipinski definition) is 3. The number of aliphatic hydroxyl groups excluding tert-OH is 1. The van der Waals surface area contributed by atoms with E-state index in [2.05, 4.69) is 11.8 Å². The van der Waals surface area contributed by atoms with Crippen LogP contribution in [0.15, 0.2) is 51.7 Å². The highest BCUT2D eigenvalue weighted by Crippen LogP contribution is 2.32. The van der Waals surface area contributed by atoms with E-state index in [9.17, 15) is 15.0 Å². The monoisotopic (exact) mass is 405 g/mol. The van der Waals surface area contributed by atoms with Crippen molar-refractivity contribution in [2.45, 2.75) is 19.9 Å². The molecule has 1 atom stereocenters. The molecule has 7 heteroatoms. The van der Waals surface area contributed by atoms with Crippen LogP contribution in [0.1, 0.15) is 13.8 Å². The Morgan fingerprint density at radius 3 is 2.43 bits per heavy atom. The van der Waals surface area contributed by atoms with Gasteiger partial charge in [-0.1, -0.05) is 30.7 Å². The number of aliphatic hydroxyl groups is 1. The molecule has 0 bridgehead atoms. The molecule has 0 fully saturated rings. The topological polar surface area (TPSA) is 94.1 Å². The van der Waals surface area contributed by atoms with Gasteiger partial charge in [0.05, 0.1) is 11.6 Å². The van der Waals surface area contributed by atoms with E-state index in [1.165, 1.54) is 12.1 Å². The fourth-order valence-corrected chi connectivity index (χ4v) is 2.73. The predicted molar refractivity (Wildman–Crippen MR) is 111 cm³/mol. The largest absolute Gasteiger partial charge is 0.508 e. The number of aromatic hydroxyl groups is 2. The van der Waals surface area contributed by atoms with E-state index in [-0.39, 0.29) is 34.8 Å². The summed E-state index contributed by atoms with van der Waals surface area (Å²) in [6.07, 6.45) is 0. The van der Waals surface area contributed by atoms with Crippen LogP contribution in [0.25, 0.3) is 22.3 Å². The molecule has 0 aliphatic heterocycles. The third kappa shape index (κ3) is 5.04. The number of phenolic OH excluding ortho intramolecular Hbond substituents is 2. The van der Waals surface area contributed by atoms with Crippen molar-refractivity contribution in [1.29, 1.82) is 0 Å². The Bertz CT molecular complexity index is 994. The lowest BCUT2D eigenvalue weighted by atomic mass is 10.1. The van der Waals surface area contributed by atoms with Crippen molar-refractivity contribution in [2.75, 3.05) is 20.2 Å². The standard InChI is InChI=1S/C15H9ClO4.C6H15NO/c16-10-4-2-1-3-9(10)13-7-12(19)15-11(18)5-8(17)6-14(15)20-13;1-4-7(3)6(2)5-8/h1-7,17-18H;6,8H,4-5H2,1-3H3. The number of nitrogens with zero attached hydrogens (tertiary/aromatic N) is 1. The molecular weight excluding hydrogens is 382 g/mol. The number of benzene rings is 2. The van der Waals surface area contributed by atoms with Crippen LogP contribution in [0.5, 0.6) is 11.5 Å². The first kappa shape index (κ1) is 21.8. The van der Waals surface area contributed by atoms with Gasteiger partial charge in [0.25, 0.3) is 0 Å². The number of hydrogen-bond acceptors (Lipinski definition) is 6. The minimum absolute atomic E-state index is 0.0265. The van der Waals surface area contributed by atoms with Gasteiger partial charge in [-0.15, -0.1) is 0 Å². The summed E-state index contributed by atoms with van der Waals surface area (Å²) in [5, 5.41) is 28.2. The molecule has 2 aromatic carbocycles. The van der Waals surface area contributed by atoms with Crippen molar-refractivity contribution >= 4 is 22.6 Å². The molecule has 1 aromatic heterocycles. The van der Waals surface area contributed by atoms with E-state index >= 15 is 0 Å². The number of halogens is 1. The predicted octanol–water partition coefficient (Wildman–Crippen LogP) is 3.84. The lowest BCUT2D eigenvalue weighted by Crippen LogP contribution is -2.31. The average Bonchev–Trinajstić information content (AvgIpc) is 2.66. The molecule has 3 aromatic rings. The molecule has 28 heavy (non-hydrogen) atoms. The van der Waals surface area contributed by atoms with Crippen molar-refractivity contribution in [1.82, 2.24) is 4.90 Å². The summed E-state index contributed by atoms with van der Waals surface area (Å²) in [5.74, 6) is -0.230. The third-order valence-corrected chi connectivity index (χ3v) is 4.78. The molecule has 0 spiro atoms. The van der Waals surface area contributed by atoms with Gasteiger partial charge in [-0.2, -0.15) is 0 Å². The van der Waals surface area contributed by atoms with Gasteiger partial charge < -0.3 is 24.6 Å². The summed E-state index contributed by atoms with van der Waals surface area (Å²) in [6.45, 7) is 5.34. The zero-order chi connectivity index (χ0) is 20.8. The van der Waals surface area contributed by atoms with E-state index < -0.39 is 5.43 Å². The second-order valence-corrected chi connectivity index (χ2v) is 6.80.